The van der Waals surface area contributed by atoms with E-state index in [0.29, 0.717) is 6.61 Å². The standard InChI is InChI=1S/C10H19N5O3S/c1-15-9(6-12-14-15)19(16,17)13-7-10(8-18-2)4-3-5-11-10/h6,11,13H,3-5,7-8H2,1-2H3. The second-order valence-corrected chi connectivity index (χ2v) is 6.48. The second-order valence-electron chi connectivity index (χ2n) is 4.76. The molecule has 1 aliphatic heterocycles. The minimum atomic E-state index is -3.60. The zero-order chi connectivity index (χ0) is 13.9. The van der Waals surface area contributed by atoms with Crippen molar-refractivity contribution in [1.29, 1.82) is 0 Å². The Morgan fingerprint density at radius 2 is 2.42 bits per heavy atom. The molecule has 0 aromatic carbocycles. The van der Waals surface area contributed by atoms with Crippen molar-refractivity contribution in [2.24, 2.45) is 7.05 Å². The van der Waals surface area contributed by atoms with Crippen molar-refractivity contribution in [2.75, 3.05) is 26.8 Å². The third-order valence-corrected chi connectivity index (χ3v) is 4.75. The van der Waals surface area contributed by atoms with Crippen LogP contribution in [0.3, 0.4) is 0 Å². The van der Waals surface area contributed by atoms with Crippen molar-refractivity contribution in [3.05, 3.63) is 6.20 Å². The van der Waals surface area contributed by atoms with Crippen molar-refractivity contribution < 1.29 is 13.2 Å². The molecule has 2 heterocycles. The average Bonchev–Trinajstić information content (AvgIpc) is 2.97. The molecule has 0 spiro atoms. The van der Waals surface area contributed by atoms with Crippen molar-refractivity contribution in [1.82, 2.24) is 25.0 Å². The van der Waals surface area contributed by atoms with Gasteiger partial charge in [-0.1, -0.05) is 5.21 Å². The van der Waals surface area contributed by atoms with Gasteiger partial charge in [0.05, 0.1) is 18.3 Å². The van der Waals surface area contributed by atoms with E-state index in [4.69, 9.17) is 4.74 Å². The fourth-order valence-electron chi connectivity index (χ4n) is 2.30. The van der Waals surface area contributed by atoms with E-state index in [1.54, 1.807) is 14.2 Å². The van der Waals surface area contributed by atoms with E-state index in [1.165, 1.54) is 10.9 Å². The Balaban J connectivity index is 2.07. The van der Waals surface area contributed by atoms with Crippen LogP contribution < -0.4 is 10.0 Å². The van der Waals surface area contributed by atoms with Gasteiger partial charge < -0.3 is 10.1 Å². The fraction of sp³-hybridized carbons (Fsp3) is 0.800. The SMILES string of the molecule is COCC1(CNS(=O)(=O)c2cnnn2C)CCCN1. The summed E-state index contributed by atoms with van der Waals surface area (Å²) in [7, 11) is -0.445. The quantitative estimate of drug-likeness (QED) is 0.687. The number of hydrogen-bond acceptors (Lipinski definition) is 6. The zero-order valence-corrected chi connectivity index (χ0v) is 11.9. The number of methoxy groups -OCH3 is 1. The van der Waals surface area contributed by atoms with Gasteiger partial charge in [-0.25, -0.2) is 17.8 Å². The van der Waals surface area contributed by atoms with Crippen LogP contribution in [0.2, 0.25) is 0 Å². The lowest BCUT2D eigenvalue weighted by Gasteiger charge is -2.28. The van der Waals surface area contributed by atoms with Gasteiger partial charge in [-0.05, 0) is 19.4 Å². The van der Waals surface area contributed by atoms with Crippen molar-refractivity contribution in [2.45, 2.75) is 23.4 Å². The molecule has 0 saturated carbocycles. The lowest BCUT2D eigenvalue weighted by molar-refractivity contribution is 0.122. The molecule has 1 unspecified atom stereocenters. The molecule has 108 valence electrons. The summed E-state index contributed by atoms with van der Waals surface area (Å²) in [6.07, 6.45) is 3.12. The van der Waals surface area contributed by atoms with Gasteiger partial charge in [-0.3, -0.25) is 0 Å². The van der Waals surface area contributed by atoms with Gasteiger partial charge in [-0.2, -0.15) is 0 Å². The molecule has 1 fully saturated rings. The van der Waals surface area contributed by atoms with E-state index in [9.17, 15) is 8.42 Å². The van der Waals surface area contributed by atoms with Crippen LogP contribution in [-0.4, -0.2) is 55.8 Å². The van der Waals surface area contributed by atoms with E-state index in [2.05, 4.69) is 20.4 Å². The topological polar surface area (TPSA) is 98.1 Å². The Morgan fingerprint density at radius 1 is 1.63 bits per heavy atom. The lowest BCUT2D eigenvalue weighted by atomic mass is 9.99. The maximum Gasteiger partial charge on any atom is 0.259 e. The highest BCUT2D eigenvalue weighted by Gasteiger charge is 2.35. The zero-order valence-electron chi connectivity index (χ0n) is 11.1. The summed E-state index contributed by atoms with van der Waals surface area (Å²) in [4.78, 5) is 0. The third kappa shape index (κ3) is 3.11. The fourth-order valence-corrected chi connectivity index (χ4v) is 3.49. The van der Waals surface area contributed by atoms with E-state index in [-0.39, 0.29) is 17.1 Å². The molecule has 1 aromatic rings. The first-order valence-corrected chi connectivity index (χ1v) is 7.56. The number of hydrogen-bond donors (Lipinski definition) is 2. The monoisotopic (exact) mass is 289 g/mol. The number of nitrogens with one attached hydrogen (secondary N) is 2. The van der Waals surface area contributed by atoms with Gasteiger partial charge in [0.15, 0.2) is 5.03 Å². The van der Waals surface area contributed by atoms with Gasteiger partial charge in [0.25, 0.3) is 10.0 Å². The normalized spacial score (nSPS) is 23.9. The lowest BCUT2D eigenvalue weighted by Crippen LogP contribution is -2.53. The Hall–Kier alpha value is -1.03. The Bertz CT molecular complexity index is 521. The summed E-state index contributed by atoms with van der Waals surface area (Å²) in [5, 5.41) is 10.6. The van der Waals surface area contributed by atoms with Crippen LogP contribution in [-0.2, 0) is 21.8 Å². The first-order chi connectivity index (χ1) is 8.99. The predicted octanol–water partition coefficient (Wildman–Crippen LogP) is -1.14. The van der Waals surface area contributed by atoms with Gasteiger partial charge in [0.1, 0.15) is 0 Å². The summed E-state index contributed by atoms with van der Waals surface area (Å²) in [6, 6.07) is 0. The number of rotatable bonds is 6. The summed E-state index contributed by atoms with van der Waals surface area (Å²) < 4.78 is 33.3. The first-order valence-electron chi connectivity index (χ1n) is 6.07. The van der Waals surface area contributed by atoms with E-state index in [0.717, 1.165) is 19.4 Å². The number of aryl methyl sites for hydroxylation is 1. The molecule has 2 N–H and O–H groups in total. The summed E-state index contributed by atoms with van der Waals surface area (Å²) in [6.45, 7) is 1.63. The van der Waals surface area contributed by atoms with Crippen molar-refractivity contribution in [3.63, 3.8) is 0 Å². The Labute approximate surface area is 112 Å². The number of nitrogens with zero attached hydrogens (tertiary/aromatic N) is 3. The molecule has 8 nitrogen and oxygen atoms in total. The maximum absolute atomic E-state index is 12.1. The molecule has 19 heavy (non-hydrogen) atoms. The van der Waals surface area contributed by atoms with Crippen LogP contribution in [0.5, 0.6) is 0 Å². The van der Waals surface area contributed by atoms with E-state index in [1.807, 2.05) is 0 Å². The van der Waals surface area contributed by atoms with Crippen LogP contribution in [0.4, 0.5) is 0 Å². The second kappa shape index (κ2) is 5.53. The van der Waals surface area contributed by atoms with Gasteiger partial charge in [0, 0.05) is 20.7 Å². The van der Waals surface area contributed by atoms with E-state index < -0.39 is 10.0 Å². The smallest absolute Gasteiger partial charge is 0.259 e. The Kier molecular flexibility index (Phi) is 4.19. The number of sulfonamides is 1. The molecule has 1 atom stereocenters. The minimum Gasteiger partial charge on any atom is -0.383 e. The van der Waals surface area contributed by atoms with Crippen molar-refractivity contribution >= 4 is 10.0 Å². The first kappa shape index (κ1) is 14.4. The molecular formula is C10H19N5O3S. The molecule has 0 aliphatic carbocycles. The highest BCUT2D eigenvalue weighted by Crippen LogP contribution is 2.19. The van der Waals surface area contributed by atoms with Crippen LogP contribution >= 0.6 is 0 Å². The average molecular weight is 289 g/mol. The van der Waals surface area contributed by atoms with Crippen LogP contribution in [0.15, 0.2) is 11.2 Å². The van der Waals surface area contributed by atoms with Gasteiger partial charge in [-0.15, -0.1) is 5.10 Å². The molecule has 9 heteroatoms. The van der Waals surface area contributed by atoms with Gasteiger partial charge >= 0.3 is 0 Å². The Morgan fingerprint density at radius 3 is 2.95 bits per heavy atom. The van der Waals surface area contributed by atoms with E-state index >= 15 is 0 Å². The molecule has 1 saturated heterocycles. The van der Waals surface area contributed by atoms with Crippen molar-refractivity contribution in [3.8, 4) is 0 Å². The van der Waals surface area contributed by atoms with Crippen LogP contribution in [0.1, 0.15) is 12.8 Å². The summed E-state index contributed by atoms with van der Waals surface area (Å²) >= 11 is 0. The molecule has 0 radical (unpaired) electrons. The summed E-state index contributed by atoms with van der Waals surface area (Å²) in [5.74, 6) is 0. The molecule has 0 amide bonds. The molecule has 0 bridgehead atoms. The molecular weight excluding hydrogens is 270 g/mol. The molecule has 1 aromatic heterocycles. The summed E-state index contributed by atoms with van der Waals surface area (Å²) in [5.41, 5.74) is -0.326. The van der Waals surface area contributed by atoms with Crippen LogP contribution in [0.25, 0.3) is 0 Å². The molecule has 2 rings (SSSR count). The predicted molar refractivity (Wildman–Crippen MR) is 68.0 cm³/mol. The highest BCUT2D eigenvalue weighted by atomic mass is 32.2. The largest absolute Gasteiger partial charge is 0.383 e. The minimum absolute atomic E-state index is 0.0538. The third-order valence-electron chi connectivity index (χ3n) is 3.30. The highest BCUT2D eigenvalue weighted by molar-refractivity contribution is 7.89. The number of aromatic nitrogens is 3. The van der Waals surface area contributed by atoms with Gasteiger partial charge in [0.2, 0.25) is 0 Å². The molecule has 1 aliphatic rings. The maximum atomic E-state index is 12.1. The van der Waals surface area contributed by atoms with Crippen LogP contribution in [0, 0.1) is 0 Å². The number of ether oxygens (including phenoxy) is 1.